The van der Waals surface area contributed by atoms with E-state index >= 15 is 0 Å². The molecular weight excluding hydrogens is 264 g/mol. The molecule has 1 aromatic heterocycles. The van der Waals surface area contributed by atoms with Gasteiger partial charge in [0.05, 0.1) is 19.4 Å². The van der Waals surface area contributed by atoms with Crippen LogP contribution in [0.4, 0.5) is 0 Å². The molecule has 0 aliphatic heterocycles. The summed E-state index contributed by atoms with van der Waals surface area (Å²) < 4.78 is 5.19. The van der Waals surface area contributed by atoms with Crippen LogP contribution in [0.5, 0.6) is 0 Å². The topological polar surface area (TPSA) is 54.3 Å². The second-order valence-electron chi connectivity index (χ2n) is 5.38. The standard InChI is InChI=1S/C17H20N2O2/c20-17(19-11-14-7-4-10-21-14)12-18-16-9-3-6-13-5-1-2-8-15(13)16/h1-2,4-5,7-8,10,16,18H,3,6,9,11-12H2,(H,19,20)/t16-/m1/s1. The number of carbonyl (C=O) groups excluding carboxylic acids is 1. The molecule has 0 unspecified atom stereocenters. The van der Waals surface area contributed by atoms with Gasteiger partial charge in [-0.3, -0.25) is 4.79 Å². The molecule has 1 amide bonds. The predicted octanol–water partition coefficient (Wildman–Crippen LogP) is 2.56. The molecule has 1 aliphatic rings. The highest BCUT2D eigenvalue weighted by atomic mass is 16.3. The molecule has 0 spiro atoms. The van der Waals surface area contributed by atoms with Gasteiger partial charge < -0.3 is 15.1 Å². The Labute approximate surface area is 124 Å². The van der Waals surface area contributed by atoms with Gasteiger partial charge in [-0.1, -0.05) is 24.3 Å². The number of benzene rings is 1. The summed E-state index contributed by atoms with van der Waals surface area (Å²) >= 11 is 0. The van der Waals surface area contributed by atoms with Crippen LogP contribution in [0.15, 0.2) is 47.1 Å². The summed E-state index contributed by atoms with van der Waals surface area (Å²) in [5.74, 6) is 0.765. The molecule has 1 aliphatic carbocycles. The lowest BCUT2D eigenvalue weighted by Gasteiger charge is -2.26. The Hall–Kier alpha value is -2.07. The predicted molar refractivity (Wildman–Crippen MR) is 80.7 cm³/mol. The van der Waals surface area contributed by atoms with Crippen molar-refractivity contribution in [1.29, 1.82) is 0 Å². The summed E-state index contributed by atoms with van der Waals surface area (Å²) in [5, 5.41) is 6.22. The Morgan fingerprint density at radius 2 is 2.14 bits per heavy atom. The first-order valence-corrected chi connectivity index (χ1v) is 7.43. The molecule has 21 heavy (non-hydrogen) atoms. The van der Waals surface area contributed by atoms with Gasteiger partial charge in [0.25, 0.3) is 0 Å². The monoisotopic (exact) mass is 284 g/mol. The summed E-state index contributed by atoms with van der Waals surface area (Å²) in [7, 11) is 0. The third-order valence-electron chi connectivity index (χ3n) is 3.92. The van der Waals surface area contributed by atoms with Crippen LogP contribution in [0.3, 0.4) is 0 Å². The molecule has 4 heteroatoms. The van der Waals surface area contributed by atoms with Gasteiger partial charge in [-0.2, -0.15) is 0 Å². The Morgan fingerprint density at radius 3 is 3.00 bits per heavy atom. The van der Waals surface area contributed by atoms with E-state index < -0.39 is 0 Å². The van der Waals surface area contributed by atoms with E-state index in [-0.39, 0.29) is 11.9 Å². The minimum atomic E-state index is -0.00513. The van der Waals surface area contributed by atoms with Crippen molar-refractivity contribution in [1.82, 2.24) is 10.6 Å². The number of amides is 1. The number of fused-ring (bicyclic) bond motifs is 1. The Bertz CT molecular complexity index is 593. The van der Waals surface area contributed by atoms with Crippen molar-refractivity contribution in [3.05, 3.63) is 59.5 Å². The summed E-state index contributed by atoms with van der Waals surface area (Å²) in [6, 6.07) is 12.4. The third-order valence-corrected chi connectivity index (χ3v) is 3.92. The molecular formula is C17H20N2O2. The first-order chi connectivity index (χ1) is 10.3. The molecule has 1 atom stereocenters. The van der Waals surface area contributed by atoms with Crippen LogP contribution in [-0.2, 0) is 17.8 Å². The minimum absolute atomic E-state index is 0.00513. The van der Waals surface area contributed by atoms with E-state index in [1.807, 2.05) is 12.1 Å². The van der Waals surface area contributed by atoms with Crippen molar-refractivity contribution in [3.8, 4) is 0 Å². The van der Waals surface area contributed by atoms with E-state index in [1.54, 1.807) is 6.26 Å². The van der Waals surface area contributed by atoms with Crippen LogP contribution in [0.25, 0.3) is 0 Å². The maximum Gasteiger partial charge on any atom is 0.234 e. The normalized spacial score (nSPS) is 17.2. The zero-order chi connectivity index (χ0) is 14.5. The van der Waals surface area contributed by atoms with Crippen LogP contribution in [0.1, 0.15) is 35.8 Å². The highest BCUT2D eigenvalue weighted by Crippen LogP contribution is 2.29. The van der Waals surface area contributed by atoms with Crippen LogP contribution in [-0.4, -0.2) is 12.5 Å². The molecule has 110 valence electrons. The molecule has 3 rings (SSSR count). The molecule has 0 saturated carbocycles. The molecule has 0 bridgehead atoms. The van der Waals surface area contributed by atoms with Crippen molar-refractivity contribution >= 4 is 5.91 Å². The number of aryl methyl sites for hydroxylation is 1. The number of furan rings is 1. The average molecular weight is 284 g/mol. The van der Waals surface area contributed by atoms with Gasteiger partial charge in [0.15, 0.2) is 0 Å². The summed E-state index contributed by atoms with van der Waals surface area (Å²) in [4.78, 5) is 11.9. The van der Waals surface area contributed by atoms with Gasteiger partial charge in [0, 0.05) is 6.04 Å². The highest BCUT2D eigenvalue weighted by Gasteiger charge is 2.19. The summed E-state index contributed by atoms with van der Waals surface area (Å²) in [6.07, 6.45) is 5.00. The lowest BCUT2D eigenvalue weighted by atomic mass is 9.88. The number of rotatable bonds is 5. The third kappa shape index (κ3) is 3.52. The summed E-state index contributed by atoms with van der Waals surface area (Å²) in [5.41, 5.74) is 2.74. The van der Waals surface area contributed by atoms with E-state index in [0.717, 1.165) is 18.6 Å². The minimum Gasteiger partial charge on any atom is -0.467 e. The molecule has 1 heterocycles. The van der Waals surface area contributed by atoms with Crippen molar-refractivity contribution in [3.63, 3.8) is 0 Å². The molecule has 4 nitrogen and oxygen atoms in total. The number of hydrogen-bond donors (Lipinski definition) is 2. The number of hydrogen-bond acceptors (Lipinski definition) is 3. The zero-order valence-electron chi connectivity index (χ0n) is 12.0. The van der Waals surface area contributed by atoms with E-state index in [0.29, 0.717) is 13.1 Å². The number of nitrogens with one attached hydrogen (secondary N) is 2. The second-order valence-corrected chi connectivity index (χ2v) is 5.38. The largest absolute Gasteiger partial charge is 0.467 e. The van der Waals surface area contributed by atoms with Gasteiger partial charge in [-0.25, -0.2) is 0 Å². The zero-order valence-corrected chi connectivity index (χ0v) is 12.0. The van der Waals surface area contributed by atoms with Crippen LogP contribution < -0.4 is 10.6 Å². The Morgan fingerprint density at radius 1 is 1.24 bits per heavy atom. The van der Waals surface area contributed by atoms with Gasteiger partial charge in [0.1, 0.15) is 5.76 Å². The average Bonchev–Trinajstić information content (AvgIpc) is 3.04. The molecule has 2 N–H and O–H groups in total. The lowest BCUT2D eigenvalue weighted by molar-refractivity contribution is -0.120. The van der Waals surface area contributed by atoms with Crippen LogP contribution in [0, 0.1) is 0 Å². The van der Waals surface area contributed by atoms with E-state index in [2.05, 4.69) is 34.9 Å². The second kappa shape index (κ2) is 6.59. The van der Waals surface area contributed by atoms with E-state index in [4.69, 9.17) is 4.42 Å². The maximum absolute atomic E-state index is 11.9. The van der Waals surface area contributed by atoms with Crippen LogP contribution >= 0.6 is 0 Å². The number of carbonyl (C=O) groups is 1. The van der Waals surface area contributed by atoms with E-state index in [9.17, 15) is 4.79 Å². The van der Waals surface area contributed by atoms with E-state index in [1.165, 1.54) is 17.5 Å². The molecule has 0 radical (unpaired) electrons. The smallest absolute Gasteiger partial charge is 0.234 e. The SMILES string of the molecule is O=C(CN[C@@H]1CCCc2ccccc21)NCc1ccco1. The Balaban J connectivity index is 1.50. The van der Waals surface area contributed by atoms with Gasteiger partial charge >= 0.3 is 0 Å². The van der Waals surface area contributed by atoms with Crippen molar-refractivity contribution in [2.75, 3.05) is 6.54 Å². The van der Waals surface area contributed by atoms with Crippen LogP contribution in [0.2, 0.25) is 0 Å². The lowest BCUT2D eigenvalue weighted by Crippen LogP contribution is -2.36. The van der Waals surface area contributed by atoms with Crippen molar-refractivity contribution in [2.45, 2.75) is 31.8 Å². The maximum atomic E-state index is 11.9. The highest BCUT2D eigenvalue weighted by molar-refractivity contribution is 5.78. The fourth-order valence-corrected chi connectivity index (χ4v) is 2.84. The van der Waals surface area contributed by atoms with Gasteiger partial charge in [0.2, 0.25) is 5.91 Å². The van der Waals surface area contributed by atoms with Crippen molar-refractivity contribution < 1.29 is 9.21 Å². The molecule has 0 fully saturated rings. The molecule has 2 aromatic rings. The Kier molecular flexibility index (Phi) is 4.36. The fraction of sp³-hybridized carbons (Fsp3) is 0.353. The van der Waals surface area contributed by atoms with Gasteiger partial charge in [-0.15, -0.1) is 0 Å². The summed E-state index contributed by atoms with van der Waals surface area (Å²) in [6.45, 7) is 0.772. The molecule has 0 saturated heterocycles. The quantitative estimate of drug-likeness (QED) is 0.887. The molecule has 1 aromatic carbocycles. The first-order valence-electron chi connectivity index (χ1n) is 7.43. The first kappa shape index (κ1) is 13.9. The van der Waals surface area contributed by atoms with Crippen molar-refractivity contribution in [2.24, 2.45) is 0 Å². The van der Waals surface area contributed by atoms with Gasteiger partial charge in [-0.05, 0) is 42.5 Å². The fourth-order valence-electron chi connectivity index (χ4n) is 2.84.